The molecule has 0 aliphatic heterocycles. The molecule has 0 saturated heterocycles. The zero-order chi connectivity index (χ0) is 21.6. The van der Waals surface area contributed by atoms with Gasteiger partial charge in [-0.05, 0) is 67.6 Å². The van der Waals surface area contributed by atoms with E-state index in [1.807, 2.05) is 6.07 Å². The smallest absolute Gasteiger partial charge is 0.264 e. The van der Waals surface area contributed by atoms with Gasteiger partial charge < -0.3 is 10.1 Å². The maximum absolute atomic E-state index is 13.0. The molecule has 0 saturated carbocycles. The van der Waals surface area contributed by atoms with E-state index in [-0.39, 0.29) is 17.4 Å². The summed E-state index contributed by atoms with van der Waals surface area (Å²) in [5, 5.41) is 3.26. The van der Waals surface area contributed by atoms with E-state index >= 15 is 0 Å². The first-order valence-corrected chi connectivity index (χ1v) is 11.1. The van der Waals surface area contributed by atoms with Gasteiger partial charge in [-0.3, -0.25) is 9.10 Å². The number of nitrogens with one attached hydrogen (secondary N) is 1. The fourth-order valence-electron chi connectivity index (χ4n) is 2.80. The molecule has 0 unspecified atom stereocenters. The summed E-state index contributed by atoms with van der Waals surface area (Å²) in [5.41, 5.74) is 1.07. The molecule has 0 heterocycles. The molecule has 0 aliphatic carbocycles. The van der Waals surface area contributed by atoms with Crippen LogP contribution >= 0.6 is 11.6 Å². The van der Waals surface area contributed by atoms with E-state index in [1.54, 1.807) is 67.6 Å². The molecule has 0 radical (unpaired) electrons. The predicted octanol–water partition coefficient (Wildman–Crippen LogP) is 4.57. The summed E-state index contributed by atoms with van der Waals surface area (Å²) < 4.78 is 32.7. The monoisotopic (exact) mass is 444 g/mol. The molecule has 1 N–H and O–H groups in total. The van der Waals surface area contributed by atoms with E-state index in [2.05, 4.69) is 5.32 Å². The summed E-state index contributed by atoms with van der Waals surface area (Å²) in [6.45, 7) is 1.89. The summed E-state index contributed by atoms with van der Waals surface area (Å²) >= 11 is 5.81. The zero-order valence-corrected chi connectivity index (χ0v) is 17.9. The Morgan fingerprint density at radius 3 is 2.20 bits per heavy atom. The summed E-state index contributed by atoms with van der Waals surface area (Å²) in [7, 11) is -3.71. The fourth-order valence-corrected chi connectivity index (χ4v) is 4.40. The molecule has 0 aromatic heterocycles. The Morgan fingerprint density at radius 1 is 0.967 bits per heavy atom. The molecule has 0 fully saturated rings. The Bertz CT molecular complexity index is 1090. The second-order valence-electron chi connectivity index (χ2n) is 6.32. The number of benzene rings is 3. The minimum atomic E-state index is -3.71. The number of para-hydroxylation sites is 1. The minimum absolute atomic E-state index is 0.142. The third-order valence-electron chi connectivity index (χ3n) is 4.24. The SMILES string of the molecule is CCN(c1ccccc1)S(=O)(=O)c1ccc(NC(=O)COc2ccc(Cl)cc2)cc1. The van der Waals surface area contributed by atoms with Gasteiger partial charge in [0.1, 0.15) is 5.75 Å². The lowest BCUT2D eigenvalue weighted by Gasteiger charge is -2.23. The van der Waals surface area contributed by atoms with E-state index in [0.717, 1.165) is 0 Å². The van der Waals surface area contributed by atoms with Gasteiger partial charge in [-0.2, -0.15) is 0 Å². The van der Waals surface area contributed by atoms with Crippen LogP contribution in [0, 0.1) is 0 Å². The van der Waals surface area contributed by atoms with Crippen LogP contribution in [0.4, 0.5) is 11.4 Å². The lowest BCUT2D eigenvalue weighted by molar-refractivity contribution is -0.118. The van der Waals surface area contributed by atoms with Gasteiger partial charge in [0.05, 0.1) is 10.6 Å². The highest BCUT2D eigenvalue weighted by Crippen LogP contribution is 2.24. The van der Waals surface area contributed by atoms with Crippen LogP contribution in [0.15, 0.2) is 83.8 Å². The number of nitrogens with zero attached hydrogens (tertiary/aromatic N) is 1. The Balaban J connectivity index is 1.65. The maximum atomic E-state index is 13.0. The number of halogens is 1. The molecule has 0 aliphatic rings. The molecule has 30 heavy (non-hydrogen) atoms. The second-order valence-corrected chi connectivity index (χ2v) is 8.62. The average molecular weight is 445 g/mol. The third-order valence-corrected chi connectivity index (χ3v) is 6.41. The highest BCUT2D eigenvalue weighted by Gasteiger charge is 2.23. The van der Waals surface area contributed by atoms with E-state index in [4.69, 9.17) is 16.3 Å². The first-order valence-electron chi connectivity index (χ1n) is 9.26. The topological polar surface area (TPSA) is 75.7 Å². The number of sulfonamides is 1. The lowest BCUT2D eigenvalue weighted by Crippen LogP contribution is -2.30. The number of hydrogen-bond acceptors (Lipinski definition) is 4. The first-order chi connectivity index (χ1) is 14.4. The van der Waals surface area contributed by atoms with Gasteiger partial charge in [0, 0.05) is 17.3 Å². The average Bonchev–Trinajstić information content (AvgIpc) is 2.75. The van der Waals surface area contributed by atoms with Crippen LogP contribution in [0.3, 0.4) is 0 Å². The lowest BCUT2D eigenvalue weighted by atomic mass is 10.3. The van der Waals surface area contributed by atoms with Gasteiger partial charge in [0.25, 0.3) is 15.9 Å². The molecule has 8 heteroatoms. The number of carbonyl (C=O) groups excluding carboxylic acids is 1. The molecule has 6 nitrogen and oxygen atoms in total. The van der Waals surface area contributed by atoms with Crippen molar-refractivity contribution < 1.29 is 17.9 Å². The van der Waals surface area contributed by atoms with Crippen LogP contribution in [0.5, 0.6) is 5.75 Å². The Morgan fingerprint density at radius 2 is 1.60 bits per heavy atom. The summed E-state index contributed by atoms with van der Waals surface area (Å²) in [6, 6.07) is 21.6. The number of rotatable bonds is 8. The van der Waals surface area contributed by atoms with Crippen LogP contribution in [0.25, 0.3) is 0 Å². The van der Waals surface area contributed by atoms with Gasteiger partial charge >= 0.3 is 0 Å². The van der Waals surface area contributed by atoms with Crippen molar-refractivity contribution in [3.8, 4) is 5.75 Å². The molecule has 3 aromatic carbocycles. The number of carbonyl (C=O) groups is 1. The maximum Gasteiger partial charge on any atom is 0.264 e. The van der Waals surface area contributed by atoms with Crippen LogP contribution in [0.1, 0.15) is 6.92 Å². The molecule has 3 rings (SSSR count). The summed E-state index contributed by atoms with van der Waals surface area (Å²) in [4.78, 5) is 12.2. The largest absolute Gasteiger partial charge is 0.484 e. The second kappa shape index (κ2) is 9.65. The Kier molecular flexibility index (Phi) is 6.97. The fraction of sp³-hybridized carbons (Fsp3) is 0.136. The van der Waals surface area contributed by atoms with Crippen molar-refractivity contribution in [2.75, 3.05) is 22.8 Å². The molecular formula is C22H21ClN2O4S. The molecular weight excluding hydrogens is 424 g/mol. The Hall–Kier alpha value is -3.03. The molecule has 0 spiro atoms. The van der Waals surface area contributed by atoms with Crippen LogP contribution in [-0.2, 0) is 14.8 Å². The van der Waals surface area contributed by atoms with Gasteiger partial charge in [-0.25, -0.2) is 8.42 Å². The standard InChI is InChI=1S/C22H21ClN2O4S/c1-2-25(19-6-4-3-5-7-19)30(27,28)21-14-10-18(11-15-21)24-22(26)16-29-20-12-8-17(23)9-13-20/h3-15H,2,16H2,1H3,(H,24,26). The van der Waals surface area contributed by atoms with E-state index in [9.17, 15) is 13.2 Å². The number of anilines is 2. The summed E-state index contributed by atoms with van der Waals surface area (Å²) in [5.74, 6) is 0.164. The molecule has 1 amide bonds. The molecule has 0 bridgehead atoms. The third kappa shape index (κ3) is 5.31. The van der Waals surface area contributed by atoms with Gasteiger partial charge in [0.15, 0.2) is 6.61 Å². The van der Waals surface area contributed by atoms with Crippen molar-refractivity contribution in [1.29, 1.82) is 0 Å². The van der Waals surface area contributed by atoms with Crippen molar-refractivity contribution in [2.45, 2.75) is 11.8 Å². The number of ether oxygens (including phenoxy) is 1. The van der Waals surface area contributed by atoms with Crippen LogP contribution in [-0.4, -0.2) is 27.5 Å². The van der Waals surface area contributed by atoms with Gasteiger partial charge in [0.2, 0.25) is 0 Å². The molecule has 0 atom stereocenters. The quantitative estimate of drug-likeness (QED) is 0.552. The first kappa shape index (κ1) is 21.7. The van der Waals surface area contributed by atoms with Crippen molar-refractivity contribution in [3.63, 3.8) is 0 Å². The van der Waals surface area contributed by atoms with Crippen molar-refractivity contribution in [2.24, 2.45) is 0 Å². The Labute approximate surface area is 181 Å². The summed E-state index contributed by atoms with van der Waals surface area (Å²) in [6.07, 6.45) is 0. The van der Waals surface area contributed by atoms with Crippen LogP contribution < -0.4 is 14.4 Å². The molecule has 156 valence electrons. The van der Waals surface area contributed by atoms with Crippen molar-refractivity contribution in [1.82, 2.24) is 0 Å². The van der Waals surface area contributed by atoms with Crippen molar-refractivity contribution >= 4 is 38.9 Å². The normalized spacial score (nSPS) is 11.0. The van der Waals surface area contributed by atoms with Gasteiger partial charge in [-0.15, -0.1) is 0 Å². The van der Waals surface area contributed by atoms with E-state index in [1.165, 1.54) is 16.4 Å². The van der Waals surface area contributed by atoms with E-state index in [0.29, 0.717) is 28.7 Å². The highest BCUT2D eigenvalue weighted by molar-refractivity contribution is 7.92. The highest BCUT2D eigenvalue weighted by atomic mass is 35.5. The number of hydrogen-bond donors (Lipinski definition) is 1. The van der Waals surface area contributed by atoms with E-state index < -0.39 is 10.0 Å². The van der Waals surface area contributed by atoms with Crippen LogP contribution in [0.2, 0.25) is 5.02 Å². The minimum Gasteiger partial charge on any atom is -0.484 e. The zero-order valence-electron chi connectivity index (χ0n) is 16.3. The van der Waals surface area contributed by atoms with Gasteiger partial charge in [-0.1, -0.05) is 29.8 Å². The van der Waals surface area contributed by atoms with Crippen molar-refractivity contribution in [3.05, 3.63) is 83.9 Å². The number of amides is 1. The molecule has 3 aromatic rings. The predicted molar refractivity (Wildman–Crippen MR) is 119 cm³/mol.